The lowest BCUT2D eigenvalue weighted by atomic mass is 9.83. The Morgan fingerprint density at radius 1 is 1.14 bits per heavy atom. The molecule has 1 fully saturated rings. The van der Waals surface area contributed by atoms with Gasteiger partial charge in [0.2, 0.25) is 5.88 Å². The number of halogens is 1. The number of carbonyl (C=O) groups is 1. The summed E-state index contributed by atoms with van der Waals surface area (Å²) in [5, 5.41) is 5.59. The molecular formula is C26H24FN3O4S. The highest BCUT2D eigenvalue weighted by molar-refractivity contribution is 7.91. The second-order valence-corrected chi connectivity index (χ2v) is 11.5. The van der Waals surface area contributed by atoms with Gasteiger partial charge in [-0.1, -0.05) is 13.0 Å². The summed E-state index contributed by atoms with van der Waals surface area (Å²) in [7, 11) is -1.57. The molecule has 4 aromatic rings. The average molecular weight is 494 g/mol. The van der Waals surface area contributed by atoms with Crippen LogP contribution >= 0.6 is 0 Å². The predicted molar refractivity (Wildman–Crippen MR) is 131 cm³/mol. The number of aromatic nitrogens is 3. The number of nitrogens with zero attached hydrogens (tertiary/aromatic N) is 3. The minimum absolute atomic E-state index is 0.0233. The minimum atomic E-state index is -3.11. The SMILES string of the molecule is COc1cc(-c2nn(-c3ccc(F)cc3)c3cc(C(=O)CC4(C)CCS(=O)(=O)C4)ccc23)ccn1. The molecule has 35 heavy (non-hydrogen) atoms. The Morgan fingerprint density at radius 3 is 2.60 bits per heavy atom. The zero-order valence-corrected chi connectivity index (χ0v) is 20.2. The number of sulfone groups is 1. The van der Waals surface area contributed by atoms with E-state index in [1.54, 1.807) is 41.2 Å². The number of carbonyl (C=O) groups excluding carboxylic acids is 1. The summed E-state index contributed by atoms with van der Waals surface area (Å²) in [6, 6.07) is 14.9. The largest absolute Gasteiger partial charge is 0.481 e. The van der Waals surface area contributed by atoms with Crippen molar-refractivity contribution in [2.24, 2.45) is 5.41 Å². The fourth-order valence-corrected chi connectivity index (χ4v) is 6.91. The van der Waals surface area contributed by atoms with Crippen LogP contribution in [0.3, 0.4) is 0 Å². The van der Waals surface area contributed by atoms with Crippen LogP contribution in [0.15, 0.2) is 60.8 Å². The Morgan fingerprint density at radius 2 is 1.91 bits per heavy atom. The van der Waals surface area contributed by atoms with Crippen molar-refractivity contribution in [1.82, 2.24) is 14.8 Å². The first-order chi connectivity index (χ1) is 16.7. The van der Waals surface area contributed by atoms with Gasteiger partial charge in [-0.3, -0.25) is 4.79 Å². The van der Waals surface area contributed by atoms with Gasteiger partial charge in [-0.15, -0.1) is 0 Å². The van der Waals surface area contributed by atoms with Gasteiger partial charge in [0, 0.05) is 35.2 Å². The molecule has 180 valence electrons. The molecule has 2 aromatic carbocycles. The van der Waals surface area contributed by atoms with Gasteiger partial charge in [-0.2, -0.15) is 5.10 Å². The van der Waals surface area contributed by atoms with Crippen molar-refractivity contribution in [3.8, 4) is 22.8 Å². The molecule has 1 unspecified atom stereocenters. The van der Waals surface area contributed by atoms with Crippen LogP contribution in [-0.4, -0.2) is 47.6 Å². The zero-order chi connectivity index (χ0) is 24.8. The number of methoxy groups -OCH3 is 1. The molecule has 1 atom stereocenters. The number of fused-ring (bicyclic) bond motifs is 1. The van der Waals surface area contributed by atoms with E-state index in [9.17, 15) is 17.6 Å². The van der Waals surface area contributed by atoms with E-state index in [-0.39, 0.29) is 29.5 Å². The summed E-state index contributed by atoms with van der Waals surface area (Å²) in [5.41, 5.74) is 2.67. The van der Waals surface area contributed by atoms with E-state index < -0.39 is 15.3 Å². The second kappa shape index (κ2) is 8.57. The van der Waals surface area contributed by atoms with Crippen LogP contribution in [0.2, 0.25) is 0 Å². The van der Waals surface area contributed by atoms with E-state index in [1.165, 1.54) is 19.2 Å². The van der Waals surface area contributed by atoms with Crippen molar-refractivity contribution in [2.75, 3.05) is 18.6 Å². The summed E-state index contributed by atoms with van der Waals surface area (Å²) in [4.78, 5) is 17.4. The Hall–Kier alpha value is -3.59. The molecule has 0 N–H and O–H groups in total. The lowest BCUT2D eigenvalue weighted by Gasteiger charge is -2.20. The predicted octanol–water partition coefficient (Wildman–Crippen LogP) is 4.63. The van der Waals surface area contributed by atoms with Gasteiger partial charge in [-0.05, 0) is 54.3 Å². The van der Waals surface area contributed by atoms with Gasteiger partial charge >= 0.3 is 0 Å². The van der Waals surface area contributed by atoms with Crippen LogP contribution in [0.5, 0.6) is 5.88 Å². The number of Topliss-reactive ketones (excluding diaryl/α,β-unsaturated/α-hetero) is 1. The summed E-state index contributed by atoms with van der Waals surface area (Å²) >= 11 is 0. The van der Waals surface area contributed by atoms with Gasteiger partial charge in [0.15, 0.2) is 15.6 Å². The number of benzene rings is 2. The molecule has 0 radical (unpaired) electrons. The lowest BCUT2D eigenvalue weighted by molar-refractivity contribution is 0.0934. The van der Waals surface area contributed by atoms with Crippen molar-refractivity contribution >= 4 is 26.5 Å². The number of hydrogen-bond acceptors (Lipinski definition) is 6. The summed E-state index contributed by atoms with van der Waals surface area (Å²) in [5.74, 6) is 0.102. The Bertz CT molecular complexity index is 1550. The average Bonchev–Trinajstić information content (AvgIpc) is 3.35. The van der Waals surface area contributed by atoms with Crippen molar-refractivity contribution in [2.45, 2.75) is 19.8 Å². The first-order valence-electron chi connectivity index (χ1n) is 11.2. The molecule has 5 rings (SSSR count). The summed E-state index contributed by atoms with van der Waals surface area (Å²) < 4.78 is 44.5. The van der Waals surface area contributed by atoms with Crippen LogP contribution < -0.4 is 4.74 Å². The van der Waals surface area contributed by atoms with E-state index in [1.807, 2.05) is 19.1 Å². The molecule has 0 amide bonds. The number of pyridine rings is 1. The summed E-state index contributed by atoms with van der Waals surface area (Å²) in [6.07, 6.45) is 2.26. The maximum absolute atomic E-state index is 13.6. The highest BCUT2D eigenvalue weighted by Gasteiger charge is 2.39. The third kappa shape index (κ3) is 4.55. The topological polar surface area (TPSA) is 91.2 Å². The summed E-state index contributed by atoms with van der Waals surface area (Å²) in [6.45, 7) is 1.85. The molecule has 1 saturated heterocycles. The molecule has 1 aliphatic rings. The highest BCUT2D eigenvalue weighted by Crippen LogP contribution is 2.37. The van der Waals surface area contributed by atoms with Crippen molar-refractivity contribution in [1.29, 1.82) is 0 Å². The van der Waals surface area contributed by atoms with Gasteiger partial charge < -0.3 is 4.74 Å². The van der Waals surface area contributed by atoms with Crippen LogP contribution in [0.4, 0.5) is 4.39 Å². The lowest BCUT2D eigenvalue weighted by Crippen LogP contribution is -2.22. The molecule has 0 aliphatic carbocycles. The van der Waals surface area contributed by atoms with E-state index in [2.05, 4.69) is 4.98 Å². The molecule has 7 nitrogen and oxygen atoms in total. The monoisotopic (exact) mass is 493 g/mol. The maximum atomic E-state index is 13.6. The molecule has 3 heterocycles. The molecule has 1 aliphatic heterocycles. The second-order valence-electron chi connectivity index (χ2n) is 9.31. The smallest absolute Gasteiger partial charge is 0.213 e. The van der Waals surface area contributed by atoms with E-state index in [0.29, 0.717) is 34.8 Å². The standard InChI is InChI=1S/C26H24FN3O4S/c1-26(10-12-35(32,33)16-26)15-23(31)17-3-8-21-22(13-17)30(20-6-4-19(27)5-7-20)29-25(21)18-9-11-28-24(14-18)34-2/h3-9,11,13-14H,10,12,15-16H2,1-2H3. The number of ketones is 1. The van der Waals surface area contributed by atoms with E-state index in [4.69, 9.17) is 9.84 Å². The van der Waals surface area contributed by atoms with Gasteiger partial charge in [-0.25, -0.2) is 22.5 Å². The van der Waals surface area contributed by atoms with Crippen molar-refractivity contribution in [3.63, 3.8) is 0 Å². The molecular weight excluding hydrogens is 469 g/mol. The highest BCUT2D eigenvalue weighted by atomic mass is 32.2. The van der Waals surface area contributed by atoms with Crippen LogP contribution in [0, 0.1) is 11.2 Å². The van der Waals surface area contributed by atoms with E-state index in [0.717, 1.165) is 10.9 Å². The van der Waals surface area contributed by atoms with Gasteiger partial charge in [0.25, 0.3) is 0 Å². The Labute approximate surface area is 202 Å². The quantitative estimate of drug-likeness (QED) is 0.364. The fourth-order valence-electron chi connectivity index (χ4n) is 4.66. The zero-order valence-electron chi connectivity index (χ0n) is 19.4. The Kier molecular flexibility index (Phi) is 5.67. The van der Waals surface area contributed by atoms with Crippen molar-refractivity contribution < 1.29 is 22.3 Å². The third-order valence-corrected chi connectivity index (χ3v) is 8.43. The van der Waals surface area contributed by atoms with Crippen LogP contribution in [0.1, 0.15) is 30.1 Å². The van der Waals surface area contributed by atoms with Crippen molar-refractivity contribution in [3.05, 3.63) is 72.2 Å². The van der Waals surface area contributed by atoms with Gasteiger partial charge in [0.05, 0.1) is 29.8 Å². The third-order valence-electron chi connectivity index (χ3n) is 6.46. The first-order valence-corrected chi connectivity index (χ1v) is 13.0. The molecule has 0 bridgehead atoms. The number of hydrogen-bond donors (Lipinski definition) is 0. The number of rotatable bonds is 6. The molecule has 9 heteroatoms. The fraction of sp³-hybridized carbons (Fsp3) is 0.269. The van der Waals surface area contributed by atoms with Crippen LogP contribution in [-0.2, 0) is 9.84 Å². The minimum Gasteiger partial charge on any atom is -0.481 e. The number of ether oxygens (including phenoxy) is 1. The van der Waals surface area contributed by atoms with Gasteiger partial charge in [0.1, 0.15) is 11.5 Å². The van der Waals surface area contributed by atoms with Crippen LogP contribution in [0.25, 0.3) is 27.8 Å². The Balaban J connectivity index is 1.61. The first kappa shape index (κ1) is 23.2. The van der Waals surface area contributed by atoms with E-state index >= 15 is 0 Å². The normalized spacial score (nSPS) is 19.2. The molecule has 0 saturated carbocycles. The molecule has 0 spiro atoms. The maximum Gasteiger partial charge on any atom is 0.213 e. The molecule has 2 aromatic heterocycles.